The summed E-state index contributed by atoms with van der Waals surface area (Å²) in [6, 6.07) is 0. The maximum atomic E-state index is 11.8. The third-order valence-electron chi connectivity index (χ3n) is 2.63. The summed E-state index contributed by atoms with van der Waals surface area (Å²) in [5, 5.41) is 7.09. The van der Waals surface area contributed by atoms with Crippen molar-refractivity contribution >= 4 is 11.6 Å². The number of aromatic nitrogens is 2. The summed E-state index contributed by atoms with van der Waals surface area (Å²) < 4.78 is 1.71. The van der Waals surface area contributed by atoms with E-state index in [0.717, 1.165) is 24.2 Å². The zero-order chi connectivity index (χ0) is 11.4. The van der Waals surface area contributed by atoms with Crippen molar-refractivity contribution in [2.24, 2.45) is 13.0 Å². The Kier molecular flexibility index (Phi) is 3.88. The van der Waals surface area contributed by atoms with Crippen LogP contribution in [0.2, 0.25) is 0 Å². The molecule has 1 rings (SSSR count). The van der Waals surface area contributed by atoms with Crippen LogP contribution >= 0.6 is 0 Å². The molecule has 0 aromatic carbocycles. The predicted octanol–water partition coefficient (Wildman–Crippen LogP) is 2.10. The lowest BCUT2D eigenvalue weighted by molar-refractivity contribution is -0.120. The molecule has 0 unspecified atom stereocenters. The van der Waals surface area contributed by atoms with E-state index in [1.807, 2.05) is 34.0 Å². The minimum Gasteiger partial charge on any atom is -0.323 e. The minimum absolute atomic E-state index is 0.0936. The molecule has 1 heterocycles. The summed E-state index contributed by atoms with van der Waals surface area (Å²) in [4.78, 5) is 11.8. The second-order valence-corrected chi connectivity index (χ2v) is 3.80. The summed E-state index contributed by atoms with van der Waals surface area (Å²) in [5.41, 5.74) is 1.67. The third-order valence-corrected chi connectivity index (χ3v) is 2.63. The molecule has 0 radical (unpaired) electrons. The highest BCUT2D eigenvalue weighted by atomic mass is 16.1. The molecule has 1 aromatic rings. The van der Waals surface area contributed by atoms with E-state index >= 15 is 0 Å². The van der Waals surface area contributed by atoms with E-state index in [9.17, 15) is 4.79 Å². The number of nitrogens with zero attached hydrogens (tertiary/aromatic N) is 2. The number of anilines is 1. The van der Waals surface area contributed by atoms with Crippen LogP contribution in [-0.4, -0.2) is 15.7 Å². The number of carbonyl (C=O) groups excluding carboxylic acids is 1. The average Bonchev–Trinajstić information content (AvgIpc) is 2.47. The lowest BCUT2D eigenvalue weighted by atomic mass is 10.0. The number of nitrogens with one attached hydrogen (secondary N) is 1. The molecule has 0 fully saturated rings. The van der Waals surface area contributed by atoms with Crippen molar-refractivity contribution in [1.82, 2.24) is 9.78 Å². The number of carbonyl (C=O) groups is 1. The van der Waals surface area contributed by atoms with Gasteiger partial charge in [-0.15, -0.1) is 0 Å². The van der Waals surface area contributed by atoms with Gasteiger partial charge >= 0.3 is 0 Å². The molecular formula is C11H19N3O. The highest BCUT2D eigenvalue weighted by Crippen LogP contribution is 2.15. The zero-order valence-corrected chi connectivity index (χ0v) is 9.87. The lowest BCUT2D eigenvalue weighted by Gasteiger charge is -2.11. The molecule has 0 aliphatic heterocycles. The fraction of sp³-hybridized carbons (Fsp3) is 0.636. The van der Waals surface area contributed by atoms with E-state index in [0.29, 0.717) is 0 Å². The van der Waals surface area contributed by atoms with Crippen LogP contribution in [0.4, 0.5) is 5.69 Å². The Hall–Kier alpha value is -1.32. The predicted molar refractivity (Wildman–Crippen MR) is 60.6 cm³/mol. The fourth-order valence-corrected chi connectivity index (χ4v) is 1.62. The second-order valence-electron chi connectivity index (χ2n) is 3.80. The summed E-state index contributed by atoms with van der Waals surface area (Å²) >= 11 is 0. The van der Waals surface area contributed by atoms with Crippen LogP contribution in [0.25, 0.3) is 0 Å². The summed E-state index contributed by atoms with van der Waals surface area (Å²) in [5.74, 6) is 0.195. The van der Waals surface area contributed by atoms with Crippen molar-refractivity contribution in [1.29, 1.82) is 0 Å². The Morgan fingerprint density at radius 2 is 2.13 bits per heavy atom. The maximum Gasteiger partial charge on any atom is 0.227 e. The monoisotopic (exact) mass is 209 g/mol. The average molecular weight is 209 g/mol. The third kappa shape index (κ3) is 2.81. The van der Waals surface area contributed by atoms with Gasteiger partial charge in [0.1, 0.15) is 0 Å². The van der Waals surface area contributed by atoms with E-state index in [4.69, 9.17) is 0 Å². The van der Waals surface area contributed by atoms with Crippen molar-refractivity contribution in [2.45, 2.75) is 33.6 Å². The zero-order valence-electron chi connectivity index (χ0n) is 9.87. The van der Waals surface area contributed by atoms with Gasteiger partial charge in [0.05, 0.1) is 11.4 Å². The summed E-state index contributed by atoms with van der Waals surface area (Å²) in [7, 11) is 1.85. The topological polar surface area (TPSA) is 46.9 Å². The SMILES string of the molecule is CCC(CC)C(=O)Nc1cn(C)nc1C. The van der Waals surface area contributed by atoms with Gasteiger partial charge in [-0.05, 0) is 19.8 Å². The molecule has 0 spiro atoms. The first-order valence-electron chi connectivity index (χ1n) is 5.39. The van der Waals surface area contributed by atoms with Gasteiger partial charge in [0, 0.05) is 19.2 Å². The van der Waals surface area contributed by atoms with Crippen LogP contribution in [0.3, 0.4) is 0 Å². The van der Waals surface area contributed by atoms with Gasteiger partial charge in [0.25, 0.3) is 0 Å². The Balaban J connectivity index is 2.69. The summed E-state index contributed by atoms with van der Waals surface area (Å²) in [6.45, 7) is 5.95. The Bertz CT molecular complexity index is 340. The van der Waals surface area contributed by atoms with Gasteiger partial charge < -0.3 is 5.32 Å². The Morgan fingerprint density at radius 3 is 2.53 bits per heavy atom. The number of hydrogen-bond donors (Lipinski definition) is 1. The molecule has 1 aromatic heterocycles. The second kappa shape index (κ2) is 4.96. The van der Waals surface area contributed by atoms with Gasteiger partial charge in [-0.3, -0.25) is 9.48 Å². The molecule has 15 heavy (non-hydrogen) atoms. The molecule has 0 saturated carbocycles. The number of rotatable bonds is 4. The minimum atomic E-state index is 0.0936. The molecule has 0 bridgehead atoms. The van der Waals surface area contributed by atoms with Gasteiger partial charge in [-0.2, -0.15) is 5.10 Å². The molecule has 4 heteroatoms. The molecule has 84 valence electrons. The molecule has 1 amide bonds. The normalized spacial score (nSPS) is 10.7. The summed E-state index contributed by atoms with van der Waals surface area (Å²) in [6.07, 6.45) is 3.58. The van der Waals surface area contributed by atoms with Crippen molar-refractivity contribution in [3.05, 3.63) is 11.9 Å². The van der Waals surface area contributed by atoms with Gasteiger partial charge in [-0.1, -0.05) is 13.8 Å². The highest BCUT2D eigenvalue weighted by molar-refractivity contribution is 5.92. The van der Waals surface area contributed by atoms with Crippen LogP contribution in [-0.2, 0) is 11.8 Å². The molecule has 0 aliphatic carbocycles. The quantitative estimate of drug-likeness (QED) is 0.825. The van der Waals surface area contributed by atoms with Crippen LogP contribution in [0.1, 0.15) is 32.4 Å². The molecule has 0 atom stereocenters. The lowest BCUT2D eigenvalue weighted by Crippen LogP contribution is -2.21. The van der Waals surface area contributed by atoms with E-state index < -0.39 is 0 Å². The highest BCUT2D eigenvalue weighted by Gasteiger charge is 2.15. The van der Waals surface area contributed by atoms with Crippen molar-refractivity contribution < 1.29 is 4.79 Å². The molecular weight excluding hydrogens is 190 g/mol. The van der Waals surface area contributed by atoms with Crippen LogP contribution in [0, 0.1) is 12.8 Å². The van der Waals surface area contributed by atoms with Crippen LogP contribution in [0.15, 0.2) is 6.20 Å². The molecule has 4 nitrogen and oxygen atoms in total. The smallest absolute Gasteiger partial charge is 0.227 e. The number of hydrogen-bond acceptors (Lipinski definition) is 2. The Labute approximate surface area is 90.7 Å². The van der Waals surface area contributed by atoms with E-state index in [-0.39, 0.29) is 11.8 Å². The first kappa shape index (κ1) is 11.8. The van der Waals surface area contributed by atoms with E-state index in [1.165, 1.54) is 0 Å². The first-order valence-corrected chi connectivity index (χ1v) is 5.39. The first-order chi connectivity index (χ1) is 7.08. The van der Waals surface area contributed by atoms with Crippen molar-refractivity contribution in [3.8, 4) is 0 Å². The van der Waals surface area contributed by atoms with Crippen molar-refractivity contribution in [3.63, 3.8) is 0 Å². The molecule has 0 saturated heterocycles. The number of amides is 1. The van der Waals surface area contributed by atoms with E-state index in [1.54, 1.807) is 4.68 Å². The fourth-order valence-electron chi connectivity index (χ4n) is 1.62. The van der Waals surface area contributed by atoms with Crippen molar-refractivity contribution in [2.75, 3.05) is 5.32 Å². The van der Waals surface area contributed by atoms with Gasteiger partial charge in [0.15, 0.2) is 0 Å². The maximum absolute atomic E-state index is 11.8. The molecule has 0 aliphatic rings. The van der Waals surface area contributed by atoms with Gasteiger partial charge in [0.2, 0.25) is 5.91 Å². The number of aryl methyl sites for hydroxylation is 2. The Morgan fingerprint density at radius 1 is 1.53 bits per heavy atom. The molecule has 1 N–H and O–H groups in total. The van der Waals surface area contributed by atoms with E-state index in [2.05, 4.69) is 10.4 Å². The standard InChI is InChI=1S/C11H19N3O/c1-5-9(6-2)11(15)12-10-7-14(4)13-8(10)3/h7,9H,5-6H2,1-4H3,(H,12,15). The van der Waals surface area contributed by atoms with Gasteiger partial charge in [-0.25, -0.2) is 0 Å². The van der Waals surface area contributed by atoms with Crippen LogP contribution in [0.5, 0.6) is 0 Å². The largest absolute Gasteiger partial charge is 0.323 e. The van der Waals surface area contributed by atoms with Crippen LogP contribution < -0.4 is 5.32 Å².